The highest BCUT2D eigenvalue weighted by Gasteiger charge is 2.10. The number of amides is 1. The Kier molecular flexibility index (Phi) is 4.78. The summed E-state index contributed by atoms with van der Waals surface area (Å²) < 4.78 is 0. The molecule has 5 heteroatoms. The first-order valence-electron chi connectivity index (χ1n) is 7.39. The number of hydrogen-bond acceptors (Lipinski definition) is 4. The normalized spacial score (nSPS) is 10.5. The van der Waals surface area contributed by atoms with Gasteiger partial charge >= 0.3 is 0 Å². The molecule has 0 spiro atoms. The van der Waals surface area contributed by atoms with E-state index in [9.17, 15) is 4.79 Å². The van der Waals surface area contributed by atoms with Crippen LogP contribution in [-0.2, 0) is 13.0 Å². The second-order valence-electron chi connectivity index (χ2n) is 5.20. The lowest BCUT2D eigenvalue weighted by Crippen LogP contribution is -2.22. The van der Waals surface area contributed by atoms with Crippen molar-refractivity contribution in [2.24, 2.45) is 0 Å². The number of aromatic nitrogens is 2. The van der Waals surface area contributed by atoms with Gasteiger partial charge in [0.1, 0.15) is 5.01 Å². The Balaban J connectivity index is 1.63. The van der Waals surface area contributed by atoms with Crippen LogP contribution in [0.15, 0.2) is 54.9 Å². The van der Waals surface area contributed by atoms with Crippen molar-refractivity contribution in [3.05, 3.63) is 81.6 Å². The van der Waals surface area contributed by atoms with Gasteiger partial charge in [-0.05, 0) is 24.6 Å². The summed E-state index contributed by atoms with van der Waals surface area (Å²) in [5.74, 6) is -0.107. The van der Waals surface area contributed by atoms with Crippen molar-refractivity contribution >= 4 is 17.2 Å². The molecule has 0 bridgehead atoms. The quantitative estimate of drug-likeness (QED) is 0.783. The molecule has 4 nitrogen and oxygen atoms in total. The van der Waals surface area contributed by atoms with Gasteiger partial charge in [-0.2, -0.15) is 0 Å². The maximum atomic E-state index is 12.0. The first-order valence-corrected chi connectivity index (χ1v) is 8.21. The molecule has 0 aliphatic rings. The summed E-state index contributed by atoms with van der Waals surface area (Å²) in [5, 5.41) is 3.83. The third kappa shape index (κ3) is 4.02. The van der Waals surface area contributed by atoms with Crippen LogP contribution in [0, 0.1) is 6.92 Å². The number of aryl methyl sites for hydroxylation is 1. The molecule has 3 rings (SSSR count). The first-order chi connectivity index (χ1) is 11.2. The number of carbonyl (C=O) groups excluding carboxylic acids is 1. The molecule has 0 saturated carbocycles. The molecule has 0 atom stereocenters. The molecule has 23 heavy (non-hydrogen) atoms. The van der Waals surface area contributed by atoms with Gasteiger partial charge in [-0.15, -0.1) is 11.3 Å². The third-order valence-electron chi connectivity index (χ3n) is 3.49. The van der Waals surface area contributed by atoms with Crippen molar-refractivity contribution < 1.29 is 4.79 Å². The first kappa shape index (κ1) is 15.4. The molecule has 0 radical (unpaired) electrons. The lowest BCUT2D eigenvalue weighted by Gasteiger charge is -2.02. The number of rotatable bonds is 5. The summed E-state index contributed by atoms with van der Waals surface area (Å²) in [6, 6.07) is 13.7. The Hall–Kier alpha value is -2.53. The van der Waals surface area contributed by atoms with Gasteiger partial charge in [-0.3, -0.25) is 9.78 Å². The molecule has 1 aromatic carbocycles. The number of pyridine rings is 1. The van der Waals surface area contributed by atoms with E-state index in [1.165, 1.54) is 10.4 Å². The van der Waals surface area contributed by atoms with Gasteiger partial charge in [0.2, 0.25) is 0 Å². The second kappa shape index (κ2) is 7.15. The number of thiazole rings is 1. The predicted octanol–water partition coefficient (Wildman–Crippen LogP) is 3.37. The summed E-state index contributed by atoms with van der Waals surface area (Å²) in [6.45, 7) is 2.46. The fraction of sp³-hybridized carbons (Fsp3) is 0.167. The summed E-state index contributed by atoms with van der Waals surface area (Å²) in [5.41, 5.74) is 2.91. The standard InChI is InChI=1S/C18H17N3OS/c1-13-16(11-14-5-3-2-4-6-14)23-17(21-13)12-20-18(22)15-7-9-19-10-8-15/h2-10H,11-12H2,1H3,(H,20,22). The number of benzene rings is 1. The zero-order valence-electron chi connectivity index (χ0n) is 12.8. The Labute approximate surface area is 139 Å². The van der Waals surface area contributed by atoms with Crippen molar-refractivity contribution in [2.75, 3.05) is 0 Å². The molecule has 116 valence electrons. The van der Waals surface area contributed by atoms with E-state index in [2.05, 4.69) is 27.4 Å². The number of nitrogens with zero attached hydrogens (tertiary/aromatic N) is 2. The Morgan fingerprint density at radius 1 is 1.13 bits per heavy atom. The van der Waals surface area contributed by atoms with Crippen molar-refractivity contribution in [3.63, 3.8) is 0 Å². The fourth-order valence-corrected chi connectivity index (χ4v) is 3.31. The van der Waals surface area contributed by atoms with Crippen LogP contribution in [0.5, 0.6) is 0 Å². The van der Waals surface area contributed by atoms with E-state index in [1.807, 2.05) is 25.1 Å². The molecule has 1 N–H and O–H groups in total. The Morgan fingerprint density at radius 3 is 2.61 bits per heavy atom. The molecular weight excluding hydrogens is 306 g/mol. The molecule has 0 fully saturated rings. The van der Waals surface area contributed by atoms with E-state index >= 15 is 0 Å². The molecule has 0 aliphatic heterocycles. The molecule has 0 unspecified atom stereocenters. The Bertz CT molecular complexity index is 785. The van der Waals surface area contributed by atoms with E-state index in [0.29, 0.717) is 12.1 Å². The summed E-state index contributed by atoms with van der Waals surface area (Å²) in [7, 11) is 0. The van der Waals surface area contributed by atoms with Crippen molar-refractivity contribution in [1.29, 1.82) is 0 Å². The van der Waals surface area contributed by atoms with Crippen LogP contribution in [0.25, 0.3) is 0 Å². The van der Waals surface area contributed by atoms with Gasteiger partial charge in [0.25, 0.3) is 5.91 Å². The highest BCUT2D eigenvalue weighted by molar-refractivity contribution is 7.11. The zero-order chi connectivity index (χ0) is 16.1. The Morgan fingerprint density at radius 2 is 1.87 bits per heavy atom. The monoisotopic (exact) mass is 323 g/mol. The minimum absolute atomic E-state index is 0.107. The molecule has 2 aromatic heterocycles. The van der Waals surface area contributed by atoms with Crippen LogP contribution in [0.3, 0.4) is 0 Å². The molecule has 3 aromatic rings. The average Bonchev–Trinajstić information content (AvgIpc) is 2.94. The predicted molar refractivity (Wildman–Crippen MR) is 91.5 cm³/mol. The van der Waals surface area contributed by atoms with E-state index < -0.39 is 0 Å². The van der Waals surface area contributed by atoms with Gasteiger partial charge in [-0.25, -0.2) is 4.98 Å². The summed E-state index contributed by atoms with van der Waals surface area (Å²) >= 11 is 1.65. The van der Waals surface area contributed by atoms with Crippen molar-refractivity contribution in [2.45, 2.75) is 19.9 Å². The van der Waals surface area contributed by atoms with E-state index in [4.69, 9.17) is 0 Å². The smallest absolute Gasteiger partial charge is 0.251 e. The summed E-state index contributed by atoms with van der Waals surface area (Å²) in [4.78, 5) is 21.8. The average molecular weight is 323 g/mol. The lowest BCUT2D eigenvalue weighted by atomic mass is 10.1. The van der Waals surface area contributed by atoms with E-state index in [-0.39, 0.29) is 5.91 Å². The van der Waals surface area contributed by atoms with Crippen LogP contribution in [-0.4, -0.2) is 15.9 Å². The van der Waals surface area contributed by atoms with Crippen LogP contribution >= 0.6 is 11.3 Å². The third-order valence-corrected chi connectivity index (χ3v) is 4.64. The van der Waals surface area contributed by atoms with Crippen molar-refractivity contribution in [1.82, 2.24) is 15.3 Å². The molecular formula is C18H17N3OS. The van der Waals surface area contributed by atoms with Crippen LogP contribution in [0.4, 0.5) is 0 Å². The number of carbonyl (C=O) groups is 1. The SMILES string of the molecule is Cc1nc(CNC(=O)c2ccncc2)sc1Cc1ccccc1. The van der Waals surface area contributed by atoms with E-state index in [1.54, 1.807) is 35.9 Å². The highest BCUT2D eigenvalue weighted by atomic mass is 32.1. The lowest BCUT2D eigenvalue weighted by molar-refractivity contribution is 0.0950. The number of hydrogen-bond donors (Lipinski definition) is 1. The van der Waals surface area contributed by atoms with Gasteiger partial charge in [0, 0.05) is 29.3 Å². The highest BCUT2D eigenvalue weighted by Crippen LogP contribution is 2.21. The zero-order valence-corrected chi connectivity index (χ0v) is 13.6. The number of nitrogens with one attached hydrogen (secondary N) is 1. The summed E-state index contributed by atoms with van der Waals surface area (Å²) in [6.07, 6.45) is 4.10. The minimum Gasteiger partial charge on any atom is -0.346 e. The maximum absolute atomic E-state index is 12.0. The molecule has 0 saturated heterocycles. The minimum atomic E-state index is -0.107. The molecule has 0 aliphatic carbocycles. The molecule has 1 amide bonds. The largest absolute Gasteiger partial charge is 0.346 e. The van der Waals surface area contributed by atoms with Gasteiger partial charge in [0.15, 0.2) is 0 Å². The maximum Gasteiger partial charge on any atom is 0.251 e. The fourth-order valence-electron chi connectivity index (χ4n) is 2.27. The second-order valence-corrected chi connectivity index (χ2v) is 6.37. The van der Waals surface area contributed by atoms with E-state index in [0.717, 1.165) is 17.1 Å². The van der Waals surface area contributed by atoms with Crippen molar-refractivity contribution in [3.8, 4) is 0 Å². The van der Waals surface area contributed by atoms with Crippen LogP contribution in [0.2, 0.25) is 0 Å². The van der Waals surface area contributed by atoms with Gasteiger partial charge in [-0.1, -0.05) is 30.3 Å². The van der Waals surface area contributed by atoms with Crippen LogP contribution < -0.4 is 5.32 Å². The van der Waals surface area contributed by atoms with Gasteiger partial charge in [0.05, 0.1) is 12.2 Å². The molecule has 2 heterocycles. The van der Waals surface area contributed by atoms with Crippen LogP contribution in [0.1, 0.15) is 31.5 Å². The topological polar surface area (TPSA) is 54.9 Å². The van der Waals surface area contributed by atoms with Gasteiger partial charge < -0.3 is 5.32 Å².